The number of nitriles is 1. The van der Waals surface area contributed by atoms with Gasteiger partial charge in [-0.15, -0.1) is 5.10 Å². The van der Waals surface area contributed by atoms with Gasteiger partial charge in [0.1, 0.15) is 17.7 Å². The van der Waals surface area contributed by atoms with Crippen molar-refractivity contribution < 1.29 is 9.90 Å². The van der Waals surface area contributed by atoms with E-state index in [1.165, 1.54) is 0 Å². The molecule has 0 saturated carbocycles. The largest absolute Gasteiger partial charge is 0.480 e. The normalized spacial score (nSPS) is 22.3. The zero-order valence-corrected chi connectivity index (χ0v) is 11.2. The molecule has 2 heterocycles. The molecule has 0 spiro atoms. The number of hydrogen-bond donors (Lipinski definition) is 1. The van der Waals surface area contributed by atoms with Gasteiger partial charge in [-0.1, -0.05) is 6.92 Å². The van der Waals surface area contributed by atoms with Crippen molar-refractivity contribution >= 4 is 11.8 Å². The number of aromatic nitrogens is 2. The second kappa shape index (κ2) is 4.84. The number of anilines is 1. The summed E-state index contributed by atoms with van der Waals surface area (Å²) in [6, 6.07) is 1.48. The van der Waals surface area contributed by atoms with Crippen molar-refractivity contribution in [2.45, 2.75) is 33.2 Å². The van der Waals surface area contributed by atoms with E-state index in [1.807, 2.05) is 6.92 Å². The van der Waals surface area contributed by atoms with Gasteiger partial charge in [-0.2, -0.15) is 10.4 Å². The van der Waals surface area contributed by atoms with Crippen LogP contribution < -0.4 is 4.90 Å². The highest BCUT2D eigenvalue weighted by Gasteiger charge is 2.39. The summed E-state index contributed by atoms with van der Waals surface area (Å²) in [5.41, 5.74) is 1.88. The number of hydrogen-bond acceptors (Lipinski definition) is 5. The first-order valence-electron chi connectivity index (χ1n) is 6.20. The van der Waals surface area contributed by atoms with Crippen molar-refractivity contribution in [1.29, 1.82) is 5.26 Å². The zero-order valence-electron chi connectivity index (χ0n) is 11.2. The van der Waals surface area contributed by atoms with Gasteiger partial charge in [-0.3, -0.25) is 0 Å². The Bertz CT molecular complexity index is 564. The molecule has 0 radical (unpaired) electrons. The lowest BCUT2D eigenvalue weighted by molar-refractivity contribution is -0.139. The SMILES string of the molecule is Cc1nnc(N2CCC(C)C2C(=O)O)c(C#N)c1C. The van der Waals surface area contributed by atoms with Crippen LogP contribution in [0, 0.1) is 31.1 Å². The molecule has 1 aromatic rings. The molecule has 1 aromatic heterocycles. The first-order valence-corrected chi connectivity index (χ1v) is 6.20. The maximum atomic E-state index is 11.4. The molecule has 0 aromatic carbocycles. The Balaban J connectivity index is 2.51. The first-order chi connectivity index (χ1) is 8.97. The number of nitrogens with zero attached hydrogens (tertiary/aromatic N) is 4. The highest BCUT2D eigenvalue weighted by atomic mass is 16.4. The predicted molar refractivity (Wildman–Crippen MR) is 68.8 cm³/mol. The van der Waals surface area contributed by atoms with Gasteiger partial charge in [-0.25, -0.2) is 4.79 Å². The summed E-state index contributed by atoms with van der Waals surface area (Å²) >= 11 is 0. The fraction of sp³-hybridized carbons (Fsp3) is 0.538. The van der Waals surface area contributed by atoms with Gasteiger partial charge in [0.15, 0.2) is 5.82 Å². The summed E-state index contributed by atoms with van der Waals surface area (Å²) in [6.45, 7) is 6.08. The monoisotopic (exact) mass is 260 g/mol. The lowest BCUT2D eigenvalue weighted by Crippen LogP contribution is -2.40. The van der Waals surface area contributed by atoms with Gasteiger partial charge in [-0.05, 0) is 31.7 Å². The first kappa shape index (κ1) is 13.3. The van der Waals surface area contributed by atoms with E-state index in [2.05, 4.69) is 16.3 Å². The molecule has 0 amide bonds. The lowest BCUT2D eigenvalue weighted by Gasteiger charge is -2.25. The van der Waals surface area contributed by atoms with Gasteiger partial charge in [0, 0.05) is 6.54 Å². The average Bonchev–Trinajstić information content (AvgIpc) is 2.74. The molecule has 1 N–H and O–H groups in total. The average molecular weight is 260 g/mol. The Morgan fingerprint density at radius 1 is 1.47 bits per heavy atom. The van der Waals surface area contributed by atoms with Crippen molar-refractivity contribution in [1.82, 2.24) is 10.2 Å². The molecular weight excluding hydrogens is 244 g/mol. The Hall–Kier alpha value is -2.16. The minimum absolute atomic E-state index is 0.0347. The van der Waals surface area contributed by atoms with Crippen LogP contribution in [-0.4, -0.2) is 33.9 Å². The van der Waals surface area contributed by atoms with E-state index in [-0.39, 0.29) is 5.92 Å². The van der Waals surface area contributed by atoms with Crippen molar-refractivity contribution in [2.75, 3.05) is 11.4 Å². The Labute approximate surface area is 111 Å². The molecule has 1 fully saturated rings. The van der Waals surface area contributed by atoms with Crippen molar-refractivity contribution in [2.24, 2.45) is 5.92 Å². The Morgan fingerprint density at radius 2 is 2.16 bits per heavy atom. The highest BCUT2D eigenvalue weighted by Crippen LogP contribution is 2.31. The zero-order chi connectivity index (χ0) is 14.2. The summed E-state index contributed by atoms with van der Waals surface area (Å²) in [4.78, 5) is 13.1. The lowest BCUT2D eigenvalue weighted by atomic mass is 10.0. The van der Waals surface area contributed by atoms with E-state index in [0.29, 0.717) is 23.6 Å². The van der Waals surface area contributed by atoms with Crippen molar-refractivity contribution in [3.8, 4) is 6.07 Å². The minimum Gasteiger partial charge on any atom is -0.480 e. The van der Waals surface area contributed by atoms with Crippen LogP contribution in [0.4, 0.5) is 5.82 Å². The van der Waals surface area contributed by atoms with Gasteiger partial charge in [0.25, 0.3) is 0 Å². The van der Waals surface area contributed by atoms with Gasteiger partial charge >= 0.3 is 5.97 Å². The third-order valence-corrected chi connectivity index (χ3v) is 3.77. The number of rotatable bonds is 2. The van der Waals surface area contributed by atoms with Crippen LogP contribution in [0.2, 0.25) is 0 Å². The molecule has 1 saturated heterocycles. The predicted octanol–water partition coefficient (Wildman–Crippen LogP) is 1.26. The Morgan fingerprint density at radius 3 is 2.74 bits per heavy atom. The van der Waals surface area contributed by atoms with Crippen LogP contribution in [0.15, 0.2) is 0 Å². The molecule has 1 aliphatic heterocycles. The summed E-state index contributed by atoms with van der Waals surface area (Å²) in [5, 5.41) is 26.7. The van der Waals surface area contributed by atoms with E-state index in [0.717, 1.165) is 12.0 Å². The van der Waals surface area contributed by atoms with Crippen LogP contribution >= 0.6 is 0 Å². The van der Waals surface area contributed by atoms with Crippen LogP contribution in [0.5, 0.6) is 0 Å². The maximum absolute atomic E-state index is 11.4. The van der Waals surface area contributed by atoms with Crippen molar-refractivity contribution in [3.63, 3.8) is 0 Å². The maximum Gasteiger partial charge on any atom is 0.326 e. The van der Waals surface area contributed by atoms with Gasteiger partial charge in [0.2, 0.25) is 0 Å². The van der Waals surface area contributed by atoms with Crippen LogP contribution in [-0.2, 0) is 4.79 Å². The minimum atomic E-state index is -0.881. The molecule has 2 rings (SSSR count). The molecule has 2 atom stereocenters. The summed E-state index contributed by atoms with van der Waals surface area (Å²) < 4.78 is 0. The third kappa shape index (κ3) is 2.12. The summed E-state index contributed by atoms with van der Waals surface area (Å²) in [6.07, 6.45) is 0.774. The number of aliphatic carboxylic acids is 1. The number of carboxylic acids is 1. The van der Waals surface area contributed by atoms with Crippen molar-refractivity contribution in [3.05, 3.63) is 16.8 Å². The Kier molecular flexibility index (Phi) is 3.38. The number of carboxylic acid groups (broad SMARTS) is 1. The second-order valence-electron chi connectivity index (χ2n) is 4.96. The summed E-state index contributed by atoms with van der Waals surface area (Å²) in [7, 11) is 0. The third-order valence-electron chi connectivity index (χ3n) is 3.77. The highest BCUT2D eigenvalue weighted by molar-refractivity contribution is 5.80. The molecule has 6 nitrogen and oxygen atoms in total. The second-order valence-corrected chi connectivity index (χ2v) is 4.96. The molecule has 0 aliphatic carbocycles. The van der Waals surface area contributed by atoms with Crippen LogP contribution in [0.25, 0.3) is 0 Å². The standard InChI is InChI=1S/C13H16N4O2/c1-7-4-5-17(11(7)13(18)19)12-10(6-14)8(2)9(3)15-16-12/h7,11H,4-5H2,1-3H3,(H,18,19). The van der Waals surface area contributed by atoms with E-state index in [9.17, 15) is 15.2 Å². The molecule has 1 aliphatic rings. The number of aryl methyl sites for hydroxylation is 1. The topological polar surface area (TPSA) is 90.1 Å². The van der Waals surface area contributed by atoms with E-state index >= 15 is 0 Å². The van der Waals surface area contributed by atoms with E-state index < -0.39 is 12.0 Å². The summed E-state index contributed by atoms with van der Waals surface area (Å²) in [5.74, 6) is -0.455. The van der Waals surface area contributed by atoms with Gasteiger partial charge < -0.3 is 10.0 Å². The molecule has 2 unspecified atom stereocenters. The van der Waals surface area contributed by atoms with E-state index in [4.69, 9.17) is 0 Å². The van der Waals surface area contributed by atoms with Crippen LogP contribution in [0.1, 0.15) is 30.2 Å². The fourth-order valence-corrected chi connectivity index (χ4v) is 2.49. The fourth-order valence-electron chi connectivity index (χ4n) is 2.49. The molecule has 0 bridgehead atoms. The molecule has 100 valence electrons. The number of carbonyl (C=O) groups is 1. The van der Waals surface area contributed by atoms with E-state index in [1.54, 1.807) is 18.7 Å². The molecular formula is C13H16N4O2. The van der Waals surface area contributed by atoms with Crippen LogP contribution in [0.3, 0.4) is 0 Å². The quantitative estimate of drug-likeness (QED) is 0.861. The van der Waals surface area contributed by atoms with Gasteiger partial charge in [0.05, 0.1) is 5.69 Å². The smallest absolute Gasteiger partial charge is 0.326 e. The molecule has 6 heteroatoms. The molecule has 19 heavy (non-hydrogen) atoms.